The number of carbonyl (C=O) groups is 2. The molecule has 2 aromatic heterocycles. The van der Waals surface area contributed by atoms with Gasteiger partial charge in [-0.3, -0.25) is 14.5 Å². The van der Waals surface area contributed by atoms with E-state index in [0.29, 0.717) is 16.8 Å². The molecule has 0 unspecified atom stereocenters. The highest BCUT2D eigenvalue weighted by atomic mass is 16.4. The van der Waals surface area contributed by atoms with Crippen LogP contribution in [0.25, 0.3) is 11.3 Å². The van der Waals surface area contributed by atoms with Crippen LogP contribution < -0.4 is 5.32 Å². The predicted molar refractivity (Wildman–Crippen MR) is 103 cm³/mol. The van der Waals surface area contributed by atoms with Crippen LogP contribution in [0.5, 0.6) is 0 Å². The molecule has 0 aliphatic rings. The fraction of sp³-hybridized carbons (Fsp3) is 0.250. The van der Waals surface area contributed by atoms with Crippen molar-refractivity contribution in [2.75, 3.05) is 0 Å². The molecule has 2 N–H and O–H groups in total. The van der Waals surface area contributed by atoms with Gasteiger partial charge < -0.3 is 10.4 Å². The second-order valence-electron chi connectivity index (χ2n) is 6.58. The van der Waals surface area contributed by atoms with E-state index in [1.165, 1.54) is 12.4 Å². The number of carboxylic acid groups (broad SMARTS) is 1. The van der Waals surface area contributed by atoms with Crippen molar-refractivity contribution in [2.24, 2.45) is 7.05 Å². The summed E-state index contributed by atoms with van der Waals surface area (Å²) in [6.45, 7) is 5.80. The number of aryl methyl sites for hydroxylation is 2. The molecule has 0 bridgehead atoms. The van der Waals surface area contributed by atoms with Gasteiger partial charge in [-0.25, -0.2) is 9.78 Å². The number of hydrogen-bond donors (Lipinski definition) is 2. The number of nitrogens with one attached hydrogen (secondary N) is 1. The van der Waals surface area contributed by atoms with Crippen LogP contribution in [-0.2, 0) is 7.05 Å². The third-order valence-electron chi connectivity index (χ3n) is 4.62. The van der Waals surface area contributed by atoms with Crippen molar-refractivity contribution in [1.29, 1.82) is 0 Å². The molecule has 3 rings (SSSR count). The van der Waals surface area contributed by atoms with Gasteiger partial charge in [0.25, 0.3) is 5.91 Å². The summed E-state index contributed by atoms with van der Waals surface area (Å²) in [7, 11) is 1.87. The standard InChI is InChI=1S/C20H21N5O3/c1-11(18-12(2)24-25(4)13(18)3)22-19(26)15-7-5-6-14(8-15)16-9-21-10-17(23-16)20(27)28/h5-11H,1-4H3,(H,22,26)(H,27,28)/t11-/m1/s1. The Morgan fingerprint density at radius 2 is 1.96 bits per heavy atom. The van der Waals surface area contributed by atoms with Crippen LogP contribution in [0.1, 0.15) is 50.8 Å². The Kier molecular flexibility index (Phi) is 5.21. The molecule has 144 valence electrons. The molecule has 1 amide bonds. The highest BCUT2D eigenvalue weighted by molar-refractivity contribution is 5.95. The Bertz CT molecular complexity index is 1060. The number of hydrogen-bond acceptors (Lipinski definition) is 5. The van der Waals surface area contributed by atoms with E-state index in [-0.39, 0.29) is 17.6 Å². The van der Waals surface area contributed by atoms with Crippen molar-refractivity contribution in [3.8, 4) is 11.3 Å². The van der Waals surface area contributed by atoms with Gasteiger partial charge in [0, 0.05) is 29.4 Å². The van der Waals surface area contributed by atoms with Crippen molar-refractivity contribution >= 4 is 11.9 Å². The molecule has 8 nitrogen and oxygen atoms in total. The molecule has 0 aliphatic carbocycles. The predicted octanol–water partition coefficient (Wildman–Crippen LogP) is 2.68. The molecule has 0 saturated carbocycles. The van der Waals surface area contributed by atoms with Crippen molar-refractivity contribution in [1.82, 2.24) is 25.1 Å². The summed E-state index contributed by atoms with van der Waals surface area (Å²) >= 11 is 0. The van der Waals surface area contributed by atoms with Crippen LogP contribution in [0.4, 0.5) is 0 Å². The lowest BCUT2D eigenvalue weighted by Gasteiger charge is -2.15. The molecule has 0 spiro atoms. The van der Waals surface area contributed by atoms with Crippen molar-refractivity contribution in [2.45, 2.75) is 26.8 Å². The number of carboxylic acids is 1. The topological polar surface area (TPSA) is 110 Å². The van der Waals surface area contributed by atoms with Crippen molar-refractivity contribution < 1.29 is 14.7 Å². The maximum absolute atomic E-state index is 12.7. The molecule has 3 aromatic rings. The van der Waals surface area contributed by atoms with E-state index in [4.69, 9.17) is 5.11 Å². The fourth-order valence-electron chi connectivity index (χ4n) is 3.20. The lowest BCUT2D eigenvalue weighted by Crippen LogP contribution is -2.27. The minimum Gasteiger partial charge on any atom is -0.476 e. The van der Waals surface area contributed by atoms with Crippen molar-refractivity contribution in [3.63, 3.8) is 0 Å². The van der Waals surface area contributed by atoms with E-state index in [1.807, 2.05) is 27.8 Å². The lowest BCUT2D eigenvalue weighted by atomic mass is 10.0. The van der Waals surface area contributed by atoms with E-state index in [9.17, 15) is 9.59 Å². The Hall–Kier alpha value is -3.55. The van der Waals surface area contributed by atoms with E-state index >= 15 is 0 Å². The molecular weight excluding hydrogens is 358 g/mol. The highest BCUT2D eigenvalue weighted by Crippen LogP contribution is 2.22. The summed E-state index contributed by atoms with van der Waals surface area (Å²) in [6.07, 6.45) is 2.65. The van der Waals surface area contributed by atoms with E-state index in [1.54, 1.807) is 28.9 Å². The minimum absolute atomic E-state index is 0.150. The first-order valence-electron chi connectivity index (χ1n) is 8.74. The first-order valence-corrected chi connectivity index (χ1v) is 8.74. The molecule has 2 heterocycles. The summed E-state index contributed by atoms with van der Waals surface area (Å²) in [6, 6.07) is 6.64. The monoisotopic (exact) mass is 379 g/mol. The van der Waals surface area contributed by atoms with Crippen LogP contribution in [0, 0.1) is 13.8 Å². The molecule has 0 fully saturated rings. The molecule has 28 heavy (non-hydrogen) atoms. The quantitative estimate of drug-likeness (QED) is 0.705. The second-order valence-corrected chi connectivity index (χ2v) is 6.58. The van der Waals surface area contributed by atoms with Gasteiger partial charge in [0.2, 0.25) is 0 Å². The Morgan fingerprint density at radius 3 is 2.61 bits per heavy atom. The third kappa shape index (κ3) is 3.75. The Balaban J connectivity index is 1.84. The lowest BCUT2D eigenvalue weighted by molar-refractivity contribution is 0.0689. The first-order chi connectivity index (χ1) is 13.3. The number of aromatic carboxylic acids is 1. The third-order valence-corrected chi connectivity index (χ3v) is 4.62. The number of amides is 1. The van der Waals surface area contributed by atoms with Gasteiger partial charge in [0.05, 0.1) is 29.8 Å². The first kappa shape index (κ1) is 19.2. The largest absolute Gasteiger partial charge is 0.476 e. The van der Waals surface area contributed by atoms with Gasteiger partial charge in [-0.1, -0.05) is 12.1 Å². The number of aromatic nitrogens is 4. The molecule has 8 heteroatoms. The number of carbonyl (C=O) groups excluding carboxylic acids is 1. The average molecular weight is 379 g/mol. The van der Waals surface area contributed by atoms with E-state index in [0.717, 1.165) is 17.0 Å². The fourth-order valence-corrected chi connectivity index (χ4v) is 3.20. The van der Waals surface area contributed by atoms with E-state index in [2.05, 4.69) is 20.4 Å². The molecule has 1 atom stereocenters. The normalized spacial score (nSPS) is 11.9. The molecule has 0 aliphatic heterocycles. The zero-order chi connectivity index (χ0) is 20.4. The van der Waals surface area contributed by atoms with Gasteiger partial charge in [-0.05, 0) is 32.9 Å². The summed E-state index contributed by atoms with van der Waals surface area (Å²) in [5.41, 5.74) is 4.18. The summed E-state index contributed by atoms with van der Waals surface area (Å²) in [5, 5.41) is 16.5. The number of nitrogens with zero attached hydrogens (tertiary/aromatic N) is 4. The van der Waals surface area contributed by atoms with Crippen LogP contribution in [0.15, 0.2) is 36.7 Å². The van der Waals surface area contributed by atoms with Crippen LogP contribution in [-0.4, -0.2) is 36.7 Å². The van der Waals surface area contributed by atoms with Gasteiger partial charge in [-0.2, -0.15) is 5.10 Å². The molecule has 0 saturated heterocycles. The number of benzene rings is 1. The summed E-state index contributed by atoms with van der Waals surface area (Å²) in [5.74, 6) is -1.39. The zero-order valence-electron chi connectivity index (χ0n) is 16.1. The van der Waals surface area contributed by atoms with Crippen LogP contribution >= 0.6 is 0 Å². The maximum Gasteiger partial charge on any atom is 0.356 e. The summed E-state index contributed by atoms with van der Waals surface area (Å²) < 4.78 is 1.79. The zero-order valence-corrected chi connectivity index (χ0v) is 16.1. The van der Waals surface area contributed by atoms with Crippen LogP contribution in [0.3, 0.4) is 0 Å². The highest BCUT2D eigenvalue weighted by Gasteiger charge is 2.19. The smallest absolute Gasteiger partial charge is 0.356 e. The minimum atomic E-state index is -1.15. The van der Waals surface area contributed by atoms with Gasteiger partial charge in [0.1, 0.15) is 0 Å². The molecule has 1 aromatic carbocycles. The van der Waals surface area contributed by atoms with Gasteiger partial charge in [-0.15, -0.1) is 0 Å². The molecule has 0 radical (unpaired) electrons. The average Bonchev–Trinajstić information content (AvgIpc) is 2.93. The van der Waals surface area contributed by atoms with Gasteiger partial charge >= 0.3 is 5.97 Å². The SMILES string of the molecule is Cc1nn(C)c(C)c1[C@@H](C)NC(=O)c1cccc(-c2cncc(C(=O)O)n2)c1. The Morgan fingerprint density at radius 1 is 1.21 bits per heavy atom. The summed E-state index contributed by atoms with van der Waals surface area (Å²) in [4.78, 5) is 31.8. The maximum atomic E-state index is 12.7. The molecular formula is C20H21N5O3. The van der Waals surface area contributed by atoms with Crippen LogP contribution in [0.2, 0.25) is 0 Å². The Labute approximate surface area is 162 Å². The van der Waals surface area contributed by atoms with Crippen molar-refractivity contribution in [3.05, 3.63) is 64.9 Å². The van der Waals surface area contributed by atoms with E-state index < -0.39 is 5.97 Å². The van der Waals surface area contributed by atoms with Gasteiger partial charge in [0.15, 0.2) is 5.69 Å². The number of rotatable bonds is 5. The second kappa shape index (κ2) is 7.59.